The van der Waals surface area contributed by atoms with E-state index in [-0.39, 0.29) is 11.8 Å². The van der Waals surface area contributed by atoms with Gasteiger partial charge in [0.05, 0.1) is 25.0 Å². The topological polar surface area (TPSA) is 59.8 Å². The van der Waals surface area contributed by atoms with Crippen LogP contribution in [-0.2, 0) is 14.6 Å². The monoisotopic (exact) mass is 285 g/mol. The lowest BCUT2D eigenvalue weighted by Crippen LogP contribution is -2.41. The zero-order valence-corrected chi connectivity index (χ0v) is 11.9. The van der Waals surface area contributed by atoms with Gasteiger partial charge in [-0.05, 0) is 19.1 Å². The van der Waals surface area contributed by atoms with Gasteiger partial charge in [0, 0.05) is 18.5 Å². The summed E-state index contributed by atoms with van der Waals surface area (Å²) in [6.07, 6.45) is 0. The Morgan fingerprint density at radius 2 is 2.32 bits per heavy atom. The molecule has 1 saturated heterocycles. The fourth-order valence-corrected chi connectivity index (χ4v) is 2.78. The first kappa shape index (κ1) is 14.3. The Kier molecular flexibility index (Phi) is 4.44. The van der Waals surface area contributed by atoms with E-state index < -0.39 is 9.84 Å². The molecule has 1 aliphatic rings. The number of ether oxygens (including phenoxy) is 1. The molecule has 0 radical (unpaired) electrons. The molecule has 0 aromatic carbocycles. The highest BCUT2D eigenvalue weighted by Gasteiger charge is 2.27. The standard InChI is InChI=1S/C13H19NO4S/c1-3-19(15,16)9-7-14-6-8-17-10-12(14)13-5-4-11(2)18-13/h3-5,12H,1,6-10H2,2H3. The number of morpholine rings is 1. The maximum atomic E-state index is 11.5. The first-order valence-corrected chi connectivity index (χ1v) is 7.97. The summed E-state index contributed by atoms with van der Waals surface area (Å²) in [6.45, 7) is 7.53. The van der Waals surface area contributed by atoms with Crippen LogP contribution < -0.4 is 0 Å². The van der Waals surface area contributed by atoms with Crippen molar-refractivity contribution in [3.63, 3.8) is 0 Å². The Labute approximate surface area is 113 Å². The molecule has 0 bridgehead atoms. The van der Waals surface area contributed by atoms with Gasteiger partial charge in [-0.25, -0.2) is 8.42 Å². The molecule has 1 aliphatic heterocycles. The molecule has 0 amide bonds. The highest BCUT2D eigenvalue weighted by molar-refractivity contribution is 7.94. The number of rotatable bonds is 5. The largest absolute Gasteiger partial charge is 0.465 e. The molecule has 1 aromatic heterocycles. The molecule has 2 rings (SSSR count). The SMILES string of the molecule is C=CS(=O)(=O)CCN1CCOCC1c1ccc(C)o1. The van der Waals surface area contributed by atoms with Crippen molar-refractivity contribution in [2.45, 2.75) is 13.0 Å². The predicted octanol–water partition coefficient (Wildman–Crippen LogP) is 1.52. The third-order valence-corrected chi connectivity index (χ3v) is 4.51. The summed E-state index contributed by atoms with van der Waals surface area (Å²) in [4.78, 5) is 2.09. The second-order valence-electron chi connectivity index (χ2n) is 4.61. The van der Waals surface area contributed by atoms with Crippen LogP contribution in [0, 0.1) is 6.92 Å². The Morgan fingerprint density at radius 1 is 1.53 bits per heavy atom. The van der Waals surface area contributed by atoms with Crippen LogP contribution >= 0.6 is 0 Å². The number of furan rings is 1. The van der Waals surface area contributed by atoms with Crippen molar-refractivity contribution in [3.8, 4) is 0 Å². The van der Waals surface area contributed by atoms with Crippen LogP contribution in [0.3, 0.4) is 0 Å². The van der Waals surface area contributed by atoms with Crippen molar-refractivity contribution in [2.75, 3.05) is 32.1 Å². The molecule has 5 nitrogen and oxygen atoms in total. The van der Waals surface area contributed by atoms with Gasteiger partial charge in [0.2, 0.25) is 0 Å². The number of sulfone groups is 1. The average molecular weight is 285 g/mol. The Morgan fingerprint density at radius 3 is 2.95 bits per heavy atom. The summed E-state index contributed by atoms with van der Waals surface area (Å²) < 4.78 is 34.1. The van der Waals surface area contributed by atoms with Gasteiger partial charge in [-0.1, -0.05) is 6.58 Å². The highest BCUT2D eigenvalue weighted by atomic mass is 32.2. The van der Waals surface area contributed by atoms with Crippen molar-refractivity contribution in [3.05, 3.63) is 35.6 Å². The summed E-state index contributed by atoms with van der Waals surface area (Å²) >= 11 is 0. The first-order valence-electron chi connectivity index (χ1n) is 6.25. The van der Waals surface area contributed by atoms with Gasteiger partial charge in [-0.2, -0.15) is 0 Å². The van der Waals surface area contributed by atoms with E-state index in [4.69, 9.17) is 9.15 Å². The fourth-order valence-electron chi connectivity index (χ4n) is 2.13. The second kappa shape index (κ2) is 5.90. The zero-order chi connectivity index (χ0) is 13.9. The third kappa shape index (κ3) is 3.68. The predicted molar refractivity (Wildman–Crippen MR) is 72.6 cm³/mol. The third-order valence-electron chi connectivity index (χ3n) is 3.25. The minimum atomic E-state index is -3.17. The summed E-state index contributed by atoms with van der Waals surface area (Å²) in [5.74, 6) is 1.75. The maximum Gasteiger partial charge on any atom is 0.172 e. The Bertz CT molecular complexity index is 535. The molecule has 0 N–H and O–H groups in total. The van der Waals surface area contributed by atoms with Crippen LogP contribution in [0.25, 0.3) is 0 Å². The molecule has 1 atom stereocenters. The normalized spacial score (nSPS) is 21.4. The van der Waals surface area contributed by atoms with Gasteiger partial charge >= 0.3 is 0 Å². The quantitative estimate of drug-likeness (QED) is 0.821. The minimum absolute atomic E-state index is 0.0116. The van der Waals surface area contributed by atoms with Gasteiger partial charge in [-0.3, -0.25) is 4.90 Å². The average Bonchev–Trinajstić information content (AvgIpc) is 2.83. The molecular weight excluding hydrogens is 266 g/mol. The van der Waals surface area contributed by atoms with Gasteiger partial charge < -0.3 is 9.15 Å². The van der Waals surface area contributed by atoms with Crippen LogP contribution in [-0.4, -0.2) is 45.4 Å². The van der Waals surface area contributed by atoms with E-state index in [2.05, 4.69) is 11.5 Å². The van der Waals surface area contributed by atoms with Crippen molar-refractivity contribution in [1.82, 2.24) is 4.90 Å². The molecule has 1 unspecified atom stereocenters. The maximum absolute atomic E-state index is 11.5. The molecular formula is C13H19NO4S. The van der Waals surface area contributed by atoms with Crippen molar-refractivity contribution in [2.24, 2.45) is 0 Å². The molecule has 106 valence electrons. The summed E-state index contributed by atoms with van der Waals surface area (Å²) in [7, 11) is -3.17. The van der Waals surface area contributed by atoms with E-state index in [0.29, 0.717) is 26.3 Å². The van der Waals surface area contributed by atoms with E-state index >= 15 is 0 Å². The number of nitrogens with zero attached hydrogens (tertiary/aromatic N) is 1. The van der Waals surface area contributed by atoms with Crippen molar-refractivity contribution < 1.29 is 17.6 Å². The zero-order valence-electron chi connectivity index (χ0n) is 11.0. The van der Waals surface area contributed by atoms with Crippen LogP contribution in [0.4, 0.5) is 0 Å². The molecule has 19 heavy (non-hydrogen) atoms. The minimum Gasteiger partial charge on any atom is -0.465 e. The fraction of sp³-hybridized carbons (Fsp3) is 0.538. The molecule has 0 saturated carbocycles. The summed E-state index contributed by atoms with van der Waals surface area (Å²) in [6, 6.07) is 3.81. The summed E-state index contributed by atoms with van der Waals surface area (Å²) in [5.41, 5.74) is 0. The molecule has 0 aliphatic carbocycles. The van der Waals surface area contributed by atoms with Crippen LogP contribution in [0.15, 0.2) is 28.5 Å². The van der Waals surface area contributed by atoms with Gasteiger partial charge in [-0.15, -0.1) is 0 Å². The van der Waals surface area contributed by atoms with Gasteiger partial charge in [0.25, 0.3) is 0 Å². The molecule has 6 heteroatoms. The smallest absolute Gasteiger partial charge is 0.172 e. The lowest BCUT2D eigenvalue weighted by molar-refractivity contribution is -0.0132. The van der Waals surface area contributed by atoms with Crippen LogP contribution in [0.5, 0.6) is 0 Å². The van der Waals surface area contributed by atoms with E-state index in [1.54, 1.807) is 0 Å². The van der Waals surface area contributed by atoms with E-state index in [9.17, 15) is 8.42 Å². The lowest BCUT2D eigenvalue weighted by Gasteiger charge is -2.34. The Balaban J connectivity index is 2.06. The van der Waals surface area contributed by atoms with Gasteiger partial charge in [0.1, 0.15) is 11.5 Å². The molecule has 1 aromatic rings. The van der Waals surface area contributed by atoms with Crippen molar-refractivity contribution >= 4 is 9.84 Å². The van der Waals surface area contributed by atoms with Gasteiger partial charge in [0.15, 0.2) is 9.84 Å². The molecule has 1 fully saturated rings. The van der Waals surface area contributed by atoms with Crippen LogP contribution in [0.1, 0.15) is 17.6 Å². The first-order chi connectivity index (χ1) is 9.02. The van der Waals surface area contributed by atoms with E-state index in [0.717, 1.165) is 16.9 Å². The number of aryl methyl sites for hydroxylation is 1. The molecule has 2 heterocycles. The summed E-state index contributed by atoms with van der Waals surface area (Å²) in [5, 5.41) is 1.01. The van der Waals surface area contributed by atoms with E-state index in [1.807, 2.05) is 19.1 Å². The van der Waals surface area contributed by atoms with Crippen LogP contribution in [0.2, 0.25) is 0 Å². The van der Waals surface area contributed by atoms with E-state index in [1.165, 1.54) is 0 Å². The lowest BCUT2D eigenvalue weighted by atomic mass is 10.2. The molecule has 0 spiro atoms. The number of hydrogen-bond acceptors (Lipinski definition) is 5. The van der Waals surface area contributed by atoms with Crippen molar-refractivity contribution in [1.29, 1.82) is 0 Å². The number of hydrogen-bond donors (Lipinski definition) is 0. The Hall–Kier alpha value is -1.11. The highest BCUT2D eigenvalue weighted by Crippen LogP contribution is 2.25. The second-order valence-corrected chi connectivity index (χ2v) is 6.68.